The van der Waals surface area contributed by atoms with Crippen LogP contribution in [-0.2, 0) is 4.74 Å². The molecule has 0 unspecified atom stereocenters. The molecule has 2 heterocycles. The molecule has 0 atom stereocenters. The third-order valence-electron chi connectivity index (χ3n) is 2.24. The number of esters is 1. The Morgan fingerprint density at radius 3 is 3.00 bits per heavy atom. The number of methoxy groups -OCH3 is 1. The zero-order valence-corrected chi connectivity index (χ0v) is 9.43. The summed E-state index contributed by atoms with van der Waals surface area (Å²) in [7, 11) is 1.39. The normalized spacial score (nSPS) is 14.8. The van der Waals surface area contributed by atoms with E-state index in [0.717, 1.165) is 17.7 Å². The van der Waals surface area contributed by atoms with Crippen LogP contribution in [0.2, 0.25) is 0 Å². The van der Waals surface area contributed by atoms with Crippen LogP contribution in [0.15, 0.2) is 22.6 Å². The highest BCUT2D eigenvalue weighted by Crippen LogP contribution is 2.27. The van der Waals surface area contributed by atoms with Gasteiger partial charge in [0.2, 0.25) is 0 Å². The minimum absolute atomic E-state index is 0.275. The van der Waals surface area contributed by atoms with E-state index in [1.807, 2.05) is 24.6 Å². The summed E-state index contributed by atoms with van der Waals surface area (Å²) < 4.78 is 4.66. The first-order valence-corrected chi connectivity index (χ1v) is 5.48. The van der Waals surface area contributed by atoms with Crippen LogP contribution in [-0.4, -0.2) is 18.8 Å². The van der Waals surface area contributed by atoms with E-state index in [1.165, 1.54) is 24.0 Å². The zero-order valence-electron chi connectivity index (χ0n) is 8.61. The molecular formula is C11H11NO2S. The molecule has 0 aromatic carbocycles. The van der Waals surface area contributed by atoms with Gasteiger partial charge in [-0.15, -0.1) is 11.3 Å². The summed E-state index contributed by atoms with van der Waals surface area (Å²) in [4.78, 5) is 16.1. The Balaban J connectivity index is 2.19. The van der Waals surface area contributed by atoms with E-state index in [-0.39, 0.29) is 5.97 Å². The predicted molar refractivity (Wildman–Crippen MR) is 61.4 cm³/mol. The van der Waals surface area contributed by atoms with E-state index in [0.29, 0.717) is 4.88 Å². The second kappa shape index (κ2) is 3.98. The number of ether oxygens (including phenoxy) is 1. The number of hydrogen-bond donors (Lipinski definition) is 0. The van der Waals surface area contributed by atoms with Gasteiger partial charge in [-0.25, -0.2) is 4.79 Å². The fraction of sp³-hybridized carbons (Fsp3) is 0.273. The van der Waals surface area contributed by atoms with Crippen molar-refractivity contribution in [1.29, 1.82) is 0 Å². The second-order valence-corrected chi connectivity index (χ2v) is 4.30. The summed E-state index contributed by atoms with van der Waals surface area (Å²) in [5, 5.41) is 1.96. The molecule has 1 aromatic rings. The minimum atomic E-state index is -0.275. The monoisotopic (exact) mass is 221 g/mol. The molecular weight excluding hydrogens is 210 g/mol. The molecule has 3 nitrogen and oxygen atoms in total. The van der Waals surface area contributed by atoms with Gasteiger partial charge in [0.05, 0.1) is 7.11 Å². The quantitative estimate of drug-likeness (QED) is 0.720. The van der Waals surface area contributed by atoms with E-state index < -0.39 is 0 Å². The van der Waals surface area contributed by atoms with Crippen LogP contribution in [0.4, 0.5) is 0 Å². The molecule has 0 bridgehead atoms. The number of hydrogen-bond acceptors (Lipinski definition) is 4. The average molecular weight is 221 g/mol. The second-order valence-electron chi connectivity index (χ2n) is 3.39. The first-order chi connectivity index (χ1) is 7.20. The molecule has 78 valence electrons. The lowest BCUT2D eigenvalue weighted by Gasteiger charge is -1.96. The third kappa shape index (κ3) is 1.99. The number of nitrogens with zero attached hydrogens (tertiary/aromatic N) is 1. The van der Waals surface area contributed by atoms with Gasteiger partial charge >= 0.3 is 5.97 Å². The predicted octanol–water partition coefficient (Wildman–Crippen LogP) is 2.74. The molecule has 0 saturated carbocycles. The summed E-state index contributed by atoms with van der Waals surface area (Å²) in [6, 6.07) is 1.86. The summed E-state index contributed by atoms with van der Waals surface area (Å²) >= 11 is 1.40. The number of carbonyl (C=O) groups is 1. The van der Waals surface area contributed by atoms with Gasteiger partial charge in [0, 0.05) is 18.3 Å². The van der Waals surface area contributed by atoms with Crippen LogP contribution in [0.25, 0.3) is 5.57 Å². The fourth-order valence-electron chi connectivity index (χ4n) is 1.44. The van der Waals surface area contributed by atoms with Crippen molar-refractivity contribution >= 4 is 28.6 Å². The third-order valence-corrected chi connectivity index (χ3v) is 3.15. The largest absolute Gasteiger partial charge is 0.465 e. The van der Waals surface area contributed by atoms with Crippen molar-refractivity contribution in [2.45, 2.75) is 13.3 Å². The maximum atomic E-state index is 11.2. The maximum absolute atomic E-state index is 11.2. The number of rotatable bonds is 2. The molecule has 15 heavy (non-hydrogen) atoms. The average Bonchev–Trinajstić information content (AvgIpc) is 2.84. The highest BCUT2D eigenvalue weighted by Gasteiger charge is 2.14. The van der Waals surface area contributed by atoms with E-state index >= 15 is 0 Å². The van der Waals surface area contributed by atoms with E-state index in [2.05, 4.69) is 9.73 Å². The molecule has 1 aromatic heterocycles. The van der Waals surface area contributed by atoms with E-state index in [4.69, 9.17) is 0 Å². The molecule has 1 aliphatic heterocycles. The van der Waals surface area contributed by atoms with Crippen LogP contribution in [0.5, 0.6) is 0 Å². The maximum Gasteiger partial charge on any atom is 0.348 e. The van der Waals surface area contributed by atoms with Gasteiger partial charge in [0.25, 0.3) is 0 Å². The molecule has 0 spiro atoms. The first-order valence-electron chi connectivity index (χ1n) is 4.60. The Labute approximate surface area is 92.1 Å². The van der Waals surface area contributed by atoms with Gasteiger partial charge in [0.1, 0.15) is 4.88 Å². The Bertz CT molecular complexity index is 457. The number of thiophene rings is 1. The SMILES string of the molecule is COC(=O)c1cc(C2=CN=C(C)C2)cs1. The van der Waals surface area contributed by atoms with Crippen LogP contribution >= 0.6 is 11.3 Å². The Morgan fingerprint density at radius 2 is 2.40 bits per heavy atom. The molecule has 1 aliphatic rings. The minimum Gasteiger partial charge on any atom is -0.465 e. The lowest BCUT2D eigenvalue weighted by Crippen LogP contribution is -1.97. The smallest absolute Gasteiger partial charge is 0.348 e. The van der Waals surface area contributed by atoms with Gasteiger partial charge in [-0.05, 0) is 29.5 Å². The highest BCUT2D eigenvalue weighted by molar-refractivity contribution is 7.12. The Kier molecular flexibility index (Phi) is 2.68. The first kappa shape index (κ1) is 10.1. The van der Waals surface area contributed by atoms with Gasteiger partial charge in [0.15, 0.2) is 0 Å². The summed E-state index contributed by atoms with van der Waals surface area (Å²) in [6.45, 7) is 2.00. The van der Waals surface area contributed by atoms with Gasteiger partial charge in [-0.3, -0.25) is 4.99 Å². The zero-order chi connectivity index (χ0) is 10.8. The van der Waals surface area contributed by atoms with Crippen molar-refractivity contribution in [3.05, 3.63) is 28.1 Å². The van der Waals surface area contributed by atoms with E-state index in [1.54, 1.807) is 0 Å². The number of aliphatic imine (C=N–C) groups is 1. The standard InChI is InChI=1S/C11H11NO2S/c1-7-3-8(5-12-7)9-4-10(15-6-9)11(13)14-2/h4-6H,3H2,1-2H3. The molecule has 0 amide bonds. The molecule has 4 heteroatoms. The van der Waals surface area contributed by atoms with Crippen molar-refractivity contribution < 1.29 is 9.53 Å². The molecule has 0 saturated heterocycles. The van der Waals surface area contributed by atoms with Crippen LogP contribution in [0.3, 0.4) is 0 Å². The van der Waals surface area contributed by atoms with Crippen LogP contribution in [0.1, 0.15) is 28.6 Å². The van der Waals surface area contributed by atoms with Gasteiger partial charge < -0.3 is 4.74 Å². The van der Waals surface area contributed by atoms with Crippen molar-refractivity contribution in [3.8, 4) is 0 Å². The summed E-state index contributed by atoms with van der Waals surface area (Å²) in [6.07, 6.45) is 2.73. The van der Waals surface area contributed by atoms with E-state index in [9.17, 15) is 4.79 Å². The number of carbonyl (C=O) groups excluding carboxylic acids is 1. The lowest BCUT2D eigenvalue weighted by atomic mass is 10.1. The Hall–Kier alpha value is -1.42. The summed E-state index contributed by atoms with van der Waals surface area (Å²) in [5.74, 6) is -0.275. The van der Waals surface area contributed by atoms with Crippen molar-refractivity contribution in [2.24, 2.45) is 4.99 Å². The van der Waals surface area contributed by atoms with Crippen molar-refractivity contribution in [2.75, 3.05) is 7.11 Å². The topological polar surface area (TPSA) is 38.7 Å². The van der Waals surface area contributed by atoms with Crippen molar-refractivity contribution in [1.82, 2.24) is 0 Å². The van der Waals surface area contributed by atoms with Gasteiger partial charge in [-0.1, -0.05) is 0 Å². The van der Waals surface area contributed by atoms with Gasteiger partial charge in [-0.2, -0.15) is 0 Å². The molecule has 0 fully saturated rings. The Morgan fingerprint density at radius 1 is 1.60 bits per heavy atom. The number of allylic oxidation sites excluding steroid dienone is 1. The molecule has 0 radical (unpaired) electrons. The fourth-order valence-corrected chi connectivity index (χ4v) is 2.29. The van der Waals surface area contributed by atoms with Crippen LogP contribution in [0, 0.1) is 0 Å². The molecule has 0 N–H and O–H groups in total. The van der Waals surface area contributed by atoms with Crippen LogP contribution < -0.4 is 0 Å². The molecule has 0 aliphatic carbocycles. The highest BCUT2D eigenvalue weighted by atomic mass is 32.1. The van der Waals surface area contributed by atoms with Crippen molar-refractivity contribution in [3.63, 3.8) is 0 Å². The summed E-state index contributed by atoms with van der Waals surface area (Å²) in [5.41, 5.74) is 3.34. The molecule has 2 rings (SSSR count). The lowest BCUT2D eigenvalue weighted by molar-refractivity contribution is 0.0606.